The second-order valence-electron chi connectivity index (χ2n) is 9.39. The van der Waals surface area contributed by atoms with Crippen molar-refractivity contribution in [3.05, 3.63) is 0 Å². The monoisotopic (exact) mass is 304 g/mol. The van der Waals surface area contributed by atoms with Crippen molar-refractivity contribution in [2.24, 2.45) is 34.8 Å². The van der Waals surface area contributed by atoms with E-state index < -0.39 is 0 Å². The molecule has 1 amide bonds. The van der Waals surface area contributed by atoms with Crippen molar-refractivity contribution in [2.45, 2.75) is 83.8 Å². The molecule has 1 aliphatic heterocycles. The fourth-order valence-electron chi connectivity index (χ4n) is 6.67. The molecule has 0 aromatic carbocycles. The number of likely N-dealkylation sites (tertiary alicyclic amines) is 1. The van der Waals surface area contributed by atoms with Crippen LogP contribution in [0.4, 0.5) is 0 Å². The Hall–Kier alpha value is -0.570. The number of rotatable bonds is 2. The van der Waals surface area contributed by atoms with Gasteiger partial charge in [-0.15, -0.1) is 0 Å². The van der Waals surface area contributed by atoms with E-state index in [1.807, 2.05) is 0 Å². The molecule has 2 N–H and O–H groups in total. The minimum absolute atomic E-state index is 0.0871. The zero-order chi connectivity index (χ0) is 15.6. The molecule has 1 saturated heterocycles. The molecule has 0 spiro atoms. The van der Waals surface area contributed by atoms with Crippen molar-refractivity contribution in [1.82, 2.24) is 4.90 Å². The summed E-state index contributed by atoms with van der Waals surface area (Å²) in [6, 6.07) is 0.682. The standard InChI is InChI=1S/C19H32N2O/c1-11-4-14-5-12(2)9-19(8-11,10-14)17(20)18(22)21-13(3)6-15-7-16(15)21/h11-17H,4-10,20H2,1-3H3/t11?,12?,13-,14?,15-,16+,17?,19?/m1/s1. The lowest BCUT2D eigenvalue weighted by atomic mass is 9.54. The van der Waals surface area contributed by atoms with E-state index in [1.165, 1.54) is 32.1 Å². The van der Waals surface area contributed by atoms with Crippen LogP contribution in [0.3, 0.4) is 0 Å². The van der Waals surface area contributed by atoms with E-state index in [-0.39, 0.29) is 17.4 Å². The normalized spacial score (nSPS) is 51.4. The van der Waals surface area contributed by atoms with Crippen molar-refractivity contribution >= 4 is 5.91 Å². The molecular formula is C19H32N2O. The Kier molecular flexibility index (Phi) is 3.38. The van der Waals surface area contributed by atoms with Crippen molar-refractivity contribution < 1.29 is 4.79 Å². The van der Waals surface area contributed by atoms with Crippen LogP contribution in [-0.4, -0.2) is 28.9 Å². The van der Waals surface area contributed by atoms with Gasteiger partial charge in [-0.1, -0.05) is 13.8 Å². The fourth-order valence-corrected chi connectivity index (χ4v) is 6.67. The van der Waals surface area contributed by atoms with Gasteiger partial charge < -0.3 is 10.6 Å². The molecule has 6 atom stereocenters. The van der Waals surface area contributed by atoms with Crippen LogP contribution in [-0.2, 0) is 4.79 Å². The van der Waals surface area contributed by atoms with E-state index in [0.717, 1.165) is 36.5 Å². The van der Waals surface area contributed by atoms with E-state index >= 15 is 0 Å². The largest absolute Gasteiger partial charge is 0.335 e. The third kappa shape index (κ3) is 2.23. The summed E-state index contributed by atoms with van der Waals surface area (Å²) in [4.78, 5) is 15.4. The number of nitrogens with two attached hydrogens (primary N) is 1. The number of nitrogens with zero attached hydrogens (tertiary/aromatic N) is 1. The number of piperidine rings is 1. The Morgan fingerprint density at radius 2 is 1.68 bits per heavy atom. The topological polar surface area (TPSA) is 46.3 Å². The molecule has 22 heavy (non-hydrogen) atoms. The molecule has 4 rings (SSSR count). The van der Waals surface area contributed by atoms with Crippen molar-refractivity contribution in [3.63, 3.8) is 0 Å². The molecule has 3 heteroatoms. The van der Waals surface area contributed by atoms with Crippen molar-refractivity contribution in [3.8, 4) is 0 Å². The van der Waals surface area contributed by atoms with Crippen LogP contribution in [0.15, 0.2) is 0 Å². The van der Waals surface area contributed by atoms with Gasteiger partial charge in [-0.2, -0.15) is 0 Å². The Morgan fingerprint density at radius 3 is 2.23 bits per heavy atom. The Balaban J connectivity index is 1.57. The first-order valence-corrected chi connectivity index (χ1v) is 9.47. The Bertz CT molecular complexity index is 455. The number of hydrogen-bond donors (Lipinski definition) is 1. The van der Waals surface area contributed by atoms with Gasteiger partial charge in [0.25, 0.3) is 0 Å². The fraction of sp³-hybridized carbons (Fsp3) is 0.947. The lowest BCUT2D eigenvalue weighted by Crippen LogP contribution is -2.58. The highest BCUT2D eigenvalue weighted by Crippen LogP contribution is 2.55. The predicted molar refractivity (Wildman–Crippen MR) is 88.1 cm³/mol. The zero-order valence-electron chi connectivity index (χ0n) is 14.4. The second kappa shape index (κ2) is 4.96. The maximum absolute atomic E-state index is 13.2. The number of hydrogen-bond acceptors (Lipinski definition) is 2. The predicted octanol–water partition coefficient (Wildman–Crippen LogP) is 3.18. The Labute approximate surface area is 135 Å². The van der Waals surface area contributed by atoms with E-state index in [0.29, 0.717) is 12.1 Å². The van der Waals surface area contributed by atoms with Gasteiger partial charge in [0.1, 0.15) is 0 Å². The summed E-state index contributed by atoms with van der Waals surface area (Å²) in [5.74, 6) is 3.33. The molecule has 1 heterocycles. The van der Waals surface area contributed by atoms with Crippen LogP contribution < -0.4 is 5.73 Å². The van der Waals surface area contributed by atoms with Crippen molar-refractivity contribution in [2.75, 3.05) is 0 Å². The maximum atomic E-state index is 13.2. The molecular weight excluding hydrogens is 272 g/mol. The minimum atomic E-state index is -0.262. The molecule has 3 unspecified atom stereocenters. The summed E-state index contributed by atoms with van der Waals surface area (Å²) >= 11 is 0. The lowest BCUT2D eigenvalue weighted by Gasteiger charge is -2.53. The van der Waals surface area contributed by atoms with Crippen LogP contribution in [0.25, 0.3) is 0 Å². The third-order valence-electron chi connectivity index (χ3n) is 7.22. The highest BCUT2D eigenvalue weighted by atomic mass is 16.2. The molecule has 3 saturated carbocycles. The van der Waals surface area contributed by atoms with Crippen LogP contribution in [0.1, 0.15) is 65.7 Å². The first-order valence-electron chi connectivity index (χ1n) is 9.47. The highest BCUT2D eigenvalue weighted by Gasteiger charge is 2.56. The maximum Gasteiger partial charge on any atom is 0.240 e. The van der Waals surface area contributed by atoms with E-state index in [4.69, 9.17) is 5.73 Å². The average molecular weight is 304 g/mol. The molecule has 0 aromatic rings. The molecule has 0 aromatic heterocycles. The quantitative estimate of drug-likeness (QED) is 0.851. The van der Waals surface area contributed by atoms with Gasteiger partial charge in [0.05, 0.1) is 6.04 Å². The summed E-state index contributed by atoms with van der Waals surface area (Å²) in [6.45, 7) is 6.94. The summed E-state index contributed by atoms with van der Waals surface area (Å²) in [5.41, 5.74) is 6.78. The summed E-state index contributed by atoms with van der Waals surface area (Å²) < 4.78 is 0. The highest BCUT2D eigenvalue weighted by molar-refractivity contribution is 5.84. The van der Waals surface area contributed by atoms with Crippen LogP contribution >= 0.6 is 0 Å². The van der Waals surface area contributed by atoms with Gasteiger partial charge in [-0.05, 0) is 81.0 Å². The molecule has 3 nitrogen and oxygen atoms in total. The van der Waals surface area contributed by atoms with Gasteiger partial charge in [-0.25, -0.2) is 0 Å². The summed E-state index contributed by atoms with van der Waals surface area (Å²) in [6.07, 6.45) is 8.64. The molecule has 2 bridgehead atoms. The molecule has 124 valence electrons. The third-order valence-corrected chi connectivity index (χ3v) is 7.22. The smallest absolute Gasteiger partial charge is 0.240 e. The van der Waals surface area contributed by atoms with Gasteiger partial charge in [0, 0.05) is 12.1 Å². The first-order chi connectivity index (χ1) is 10.4. The van der Waals surface area contributed by atoms with Crippen molar-refractivity contribution in [1.29, 1.82) is 0 Å². The number of fused-ring (bicyclic) bond motifs is 3. The summed E-state index contributed by atoms with van der Waals surface area (Å²) in [5, 5.41) is 0. The van der Waals surface area contributed by atoms with Gasteiger partial charge in [-0.3, -0.25) is 4.79 Å². The van der Waals surface area contributed by atoms with Gasteiger partial charge >= 0.3 is 0 Å². The molecule has 0 radical (unpaired) electrons. The lowest BCUT2D eigenvalue weighted by molar-refractivity contribution is -0.141. The second-order valence-corrected chi connectivity index (χ2v) is 9.39. The number of amides is 1. The minimum Gasteiger partial charge on any atom is -0.335 e. The van der Waals surface area contributed by atoms with Gasteiger partial charge in [0.2, 0.25) is 5.91 Å². The van der Waals surface area contributed by atoms with Crippen LogP contribution in [0.5, 0.6) is 0 Å². The zero-order valence-corrected chi connectivity index (χ0v) is 14.4. The van der Waals surface area contributed by atoms with E-state index in [9.17, 15) is 4.79 Å². The molecule has 4 aliphatic rings. The molecule has 4 fully saturated rings. The molecule has 3 aliphatic carbocycles. The summed E-state index contributed by atoms with van der Waals surface area (Å²) in [7, 11) is 0. The van der Waals surface area contributed by atoms with Crippen LogP contribution in [0, 0.1) is 29.1 Å². The SMILES string of the molecule is CC1CC2CC(C)CC(C(N)C(=O)N3[C@H](C)C[C@@H]4C[C@@H]43)(C1)C2. The number of carbonyl (C=O) groups is 1. The Morgan fingerprint density at radius 1 is 1.05 bits per heavy atom. The van der Waals surface area contributed by atoms with E-state index in [1.54, 1.807) is 0 Å². The average Bonchev–Trinajstić information content (AvgIpc) is 3.07. The number of carbonyl (C=O) groups excluding carboxylic acids is 1. The van der Waals surface area contributed by atoms with E-state index in [2.05, 4.69) is 25.7 Å². The van der Waals surface area contributed by atoms with Crippen LogP contribution in [0.2, 0.25) is 0 Å². The first kappa shape index (κ1) is 15.0. The van der Waals surface area contributed by atoms with Gasteiger partial charge in [0.15, 0.2) is 0 Å².